The first-order chi connectivity index (χ1) is 7.74. The fourth-order valence-electron chi connectivity index (χ4n) is 2.38. The van der Waals surface area contributed by atoms with E-state index in [1.165, 1.54) is 39.0 Å². The van der Waals surface area contributed by atoms with Crippen molar-refractivity contribution in [3.05, 3.63) is 0 Å². The van der Waals surface area contributed by atoms with Gasteiger partial charge in [0.1, 0.15) is 0 Å². The number of nitrogens with zero attached hydrogens (tertiary/aromatic N) is 1. The second kappa shape index (κ2) is 8.04. The van der Waals surface area contributed by atoms with Crippen molar-refractivity contribution in [2.75, 3.05) is 39.9 Å². The number of ether oxygens (including phenoxy) is 1. The molecular formula is C13H28N2O. The lowest BCUT2D eigenvalue weighted by Gasteiger charge is -2.32. The Morgan fingerprint density at radius 2 is 2.25 bits per heavy atom. The van der Waals surface area contributed by atoms with Gasteiger partial charge in [-0.2, -0.15) is 0 Å². The highest BCUT2D eigenvalue weighted by molar-refractivity contribution is 4.74. The van der Waals surface area contributed by atoms with Crippen LogP contribution in [0.4, 0.5) is 0 Å². The summed E-state index contributed by atoms with van der Waals surface area (Å²) in [5.41, 5.74) is 0. The topological polar surface area (TPSA) is 24.5 Å². The maximum Gasteiger partial charge on any atom is 0.0474 e. The molecule has 0 bridgehead atoms. The summed E-state index contributed by atoms with van der Waals surface area (Å²) in [7, 11) is 1.78. The van der Waals surface area contributed by atoms with Crippen LogP contribution >= 0.6 is 0 Å². The molecule has 1 rings (SSSR count). The summed E-state index contributed by atoms with van der Waals surface area (Å²) >= 11 is 0. The van der Waals surface area contributed by atoms with Crippen molar-refractivity contribution in [3.8, 4) is 0 Å². The Balaban J connectivity index is 2.25. The van der Waals surface area contributed by atoms with Crippen LogP contribution in [0, 0.1) is 5.92 Å². The van der Waals surface area contributed by atoms with Crippen LogP contribution in [0.15, 0.2) is 0 Å². The lowest BCUT2D eigenvalue weighted by Crippen LogP contribution is -2.41. The van der Waals surface area contributed by atoms with Crippen molar-refractivity contribution < 1.29 is 4.74 Å². The molecule has 0 aromatic rings. The number of nitrogens with one attached hydrogen (secondary N) is 1. The first-order valence-electron chi connectivity index (χ1n) is 6.67. The number of methoxy groups -OCH3 is 1. The SMILES string of the molecule is COCCCN(CC1CCCNC1)C(C)C. The van der Waals surface area contributed by atoms with Gasteiger partial charge >= 0.3 is 0 Å². The smallest absolute Gasteiger partial charge is 0.0474 e. The van der Waals surface area contributed by atoms with Gasteiger partial charge in [0.15, 0.2) is 0 Å². The third-order valence-corrected chi connectivity index (χ3v) is 3.42. The summed E-state index contributed by atoms with van der Waals surface area (Å²) < 4.78 is 5.12. The third kappa shape index (κ3) is 5.28. The molecule has 0 aliphatic carbocycles. The van der Waals surface area contributed by atoms with Crippen LogP contribution in [0.25, 0.3) is 0 Å². The number of rotatable bonds is 7. The van der Waals surface area contributed by atoms with Crippen LogP contribution in [0.5, 0.6) is 0 Å². The molecule has 0 saturated carbocycles. The minimum atomic E-state index is 0.652. The lowest BCUT2D eigenvalue weighted by molar-refractivity contribution is 0.138. The van der Waals surface area contributed by atoms with Gasteiger partial charge in [-0.05, 0) is 52.1 Å². The summed E-state index contributed by atoms with van der Waals surface area (Å²) in [6, 6.07) is 0.652. The normalized spacial score (nSPS) is 21.9. The van der Waals surface area contributed by atoms with Gasteiger partial charge in [-0.3, -0.25) is 0 Å². The van der Waals surface area contributed by atoms with E-state index in [4.69, 9.17) is 4.74 Å². The highest BCUT2D eigenvalue weighted by Gasteiger charge is 2.18. The lowest BCUT2D eigenvalue weighted by atomic mass is 9.98. The fraction of sp³-hybridized carbons (Fsp3) is 1.00. The standard InChI is InChI=1S/C13H28N2O/c1-12(2)15(8-5-9-16-3)11-13-6-4-7-14-10-13/h12-14H,4-11H2,1-3H3. The van der Waals surface area contributed by atoms with Crippen molar-refractivity contribution >= 4 is 0 Å². The van der Waals surface area contributed by atoms with E-state index >= 15 is 0 Å². The van der Waals surface area contributed by atoms with Crippen LogP contribution in [0.2, 0.25) is 0 Å². The van der Waals surface area contributed by atoms with Gasteiger partial charge < -0.3 is 15.0 Å². The molecule has 1 saturated heterocycles. The monoisotopic (exact) mass is 228 g/mol. The first kappa shape index (κ1) is 13.9. The molecule has 0 aromatic heterocycles. The molecule has 1 unspecified atom stereocenters. The molecule has 16 heavy (non-hydrogen) atoms. The van der Waals surface area contributed by atoms with Crippen molar-refractivity contribution in [1.29, 1.82) is 0 Å². The number of hydrogen-bond donors (Lipinski definition) is 1. The summed E-state index contributed by atoms with van der Waals surface area (Å²) in [6.07, 6.45) is 3.88. The van der Waals surface area contributed by atoms with E-state index in [0.29, 0.717) is 6.04 Å². The van der Waals surface area contributed by atoms with Crippen LogP contribution < -0.4 is 5.32 Å². The maximum atomic E-state index is 5.12. The highest BCUT2D eigenvalue weighted by Crippen LogP contribution is 2.13. The van der Waals surface area contributed by atoms with Crippen molar-refractivity contribution in [2.45, 2.75) is 39.2 Å². The molecule has 1 aliphatic heterocycles. The van der Waals surface area contributed by atoms with E-state index < -0.39 is 0 Å². The Labute approximate surface area is 101 Å². The zero-order valence-electron chi connectivity index (χ0n) is 11.2. The summed E-state index contributed by atoms with van der Waals surface area (Å²) in [5.74, 6) is 0.846. The van der Waals surface area contributed by atoms with Gasteiger partial charge in [0, 0.05) is 32.8 Å². The average molecular weight is 228 g/mol. The molecule has 1 N–H and O–H groups in total. The summed E-state index contributed by atoms with van der Waals surface area (Å²) in [5, 5.41) is 3.50. The van der Waals surface area contributed by atoms with Crippen LogP contribution in [-0.2, 0) is 4.74 Å². The number of piperidine rings is 1. The molecule has 0 radical (unpaired) electrons. The van der Waals surface area contributed by atoms with Crippen molar-refractivity contribution in [2.24, 2.45) is 5.92 Å². The Morgan fingerprint density at radius 3 is 2.81 bits per heavy atom. The quantitative estimate of drug-likeness (QED) is 0.672. The highest BCUT2D eigenvalue weighted by atomic mass is 16.5. The molecule has 1 fully saturated rings. The van der Waals surface area contributed by atoms with Gasteiger partial charge in [0.2, 0.25) is 0 Å². The van der Waals surface area contributed by atoms with E-state index in [-0.39, 0.29) is 0 Å². The van der Waals surface area contributed by atoms with E-state index in [9.17, 15) is 0 Å². The van der Waals surface area contributed by atoms with Gasteiger partial charge in [-0.15, -0.1) is 0 Å². The van der Waals surface area contributed by atoms with Gasteiger partial charge in [-0.1, -0.05) is 0 Å². The molecule has 0 amide bonds. The minimum absolute atomic E-state index is 0.652. The molecule has 1 aliphatic rings. The third-order valence-electron chi connectivity index (χ3n) is 3.42. The van der Waals surface area contributed by atoms with Gasteiger partial charge in [0.25, 0.3) is 0 Å². The first-order valence-corrected chi connectivity index (χ1v) is 6.67. The molecule has 1 atom stereocenters. The second-order valence-corrected chi connectivity index (χ2v) is 5.15. The van der Waals surface area contributed by atoms with E-state index in [0.717, 1.165) is 18.9 Å². The zero-order chi connectivity index (χ0) is 11.8. The molecule has 0 spiro atoms. The van der Waals surface area contributed by atoms with Gasteiger partial charge in [0.05, 0.1) is 0 Å². The van der Waals surface area contributed by atoms with Crippen molar-refractivity contribution in [1.82, 2.24) is 10.2 Å². The van der Waals surface area contributed by atoms with E-state index in [2.05, 4.69) is 24.1 Å². The average Bonchev–Trinajstić information content (AvgIpc) is 2.29. The summed E-state index contributed by atoms with van der Waals surface area (Å²) in [4.78, 5) is 2.59. The Hall–Kier alpha value is -0.120. The molecule has 3 heteroatoms. The van der Waals surface area contributed by atoms with E-state index in [1.54, 1.807) is 7.11 Å². The molecule has 3 nitrogen and oxygen atoms in total. The Morgan fingerprint density at radius 1 is 1.44 bits per heavy atom. The van der Waals surface area contributed by atoms with Crippen LogP contribution in [-0.4, -0.2) is 50.8 Å². The van der Waals surface area contributed by atoms with Crippen LogP contribution in [0.3, 0.4) is 0 Å². The second-order valence-electron chi connectivity index (χ2n) is 5.15. The molecular weight excluding hydrogens is 200 g/mol. The maximum absolute atomic E-state index is 5.12. The predicted molar refractivity (Wildman–Crippen MR) is 68.8 cm³/mol. The predicted octanol–water partition coefficient (Wildman–Crippen LogP) is 1.73. The largest absolute Gasteiger partial charge is 0.385 e. The molecule has 96 valence electrons. The number of hydrogen-bond acceptors (Lipinski definition) is 3. The van der Waals surface area contributed by atoms with E-state index in [1.807, 2.05) is 0 Å². The van der Waals surface area contributed by atoms with Gasteiger partial charge in [-0.25, -0.2) is 0 Å². The molecule has 0 aromatic carbocycles. The summed E-state index contributed by atoms with van der Waals surface area (Å²) in [6.45, 7) is 10.3. The fourth-order valence-corrected chi connectivity index (χ4v) is 2.38. The molecule has 1 heterocycles. The zero-order valence-corrected chi connectivity index (χ0v) is 11.2. The Bertz CT molecular complexity index is 167. The van der Waals surface area contributed by atoms with Crippen LogP contribution in [0.1, 0.15) is 33.1 Å². The Kier molecular flexibility index (Phi) is 7.01. The van der Waals surface area contributed by atoms with Crippen molar-refractivity contribution in [3.63, 3.8) is 0 Å². The minimum Gasteiger partial charge on any atom is -0.385 e.